The van der Waals surface area contributed by atoms with Crippen molar-refractivity contribution in [2.45, 2.75) is 38.3 Å². The fourth-order valence-corrected chi connectivity index (χ4v) is 4.87. The van der Waals surface area contributed by atoms with Gasteiger partial charge in [0.1, 0.15) is 12.4 Å². The molecule has 1 N–H and O–H groups in total. The van der Waals surface area contributed by atoms with E-state index in [0.717, 1.165) is 24.0 Å². The lowest BCUT2D eigenvalue weighted by Gasteiger charge is -2.16. The number of carbonyl (C=O) groups is 1. The number of sulfonamides is 1. The Balaban J connectivity index is 1.38. The first kappa shape index (κ1) is 19.9. The molecule has 0 saturated carbocycles. The zero-order valence-electron chi connectivity index (χ0n) is 16.6. The number of hydrogen-bond acceptors (Lipinski definition) is 4. The standard InChI is InChI=1S/C22H26N2O4S/c1-29(26,27)24-12-13-28-21-10-6-16(14-18(21)15-24)7-11-22(25)23-20-9-8-17-4-2-3-5-19(17)20/h2-6,10,14,20H,7-9,11-13,15H2,1H3,(H,23,25). The van der Waals surface area contributed by atoms with Gasteiger partial charge in [-0.15, -0.1) is 0 Å². The van der Waals surface area contributed by atoms with E-state index in [4.69, 9.17) is 4.74 Å². The van der Waals surface area contributed by atoms with Crippen molar-refractivity contribution in [2.24, 2.45) is 0 Å². The van der Waals surface area contributed by atoms with E-state index < -0.39 is 10.0 Å². The molecule has 2 aliphatic rings. The zero-order valence-corrected chi connectivity index (χ0v) is 17.4. The Kier molecular flexibility index (Phi) is 5.61. The number of amides is 1. The Labute approximate surface area is 171 Å². The van der Waals surface area contributed by atoms with Crippen LogP contribution in [-0.2, 0) is 34.2 Å². The van der Waals surface area contributed by atoms with Crippen LogP contribution in [0.25, 0.3) is 0 Å². The van der Waals surface area contributed by atoms with Gasteiger partial charge in [0.05, 0.1) is 12.3 Å². The average Bonchev–Trinajstić information content (AvgIpc) is 2.95. The van der Waals surface area contributed by atoms with Crippen molar-refractivity contribution < 1.29 is 17.9 Å². The molecule has 1 heterocycles. The van der Waals surface area contributed by atoms with Crippen LogP contribution in [0.3, 0.4) is 0 Å². The third-order valence-electron chi connectivity index (χ3n) is 5.65. The molecule has 1 atom stereocenters. The lowest BCUT2D eigenvalue weighted by Crippen LogP contribution is -2.31. The van der Waals surface area contributed by atoms with Gasteiger partial charge in [0.2, 0.25) is 15.9 Å². The van der Waals surface area contributed by atoms with Crippen LogP contribution >= 0.6 is 0 Å². The van der Waals surface area contributed by atoms with Crippen molar-refractivity contribution in [2.75, 3.05) is 19.4 Å². The molecular formula is C22H26N2O4S. The molecule has 2 aromatic carbocycles. The first-order chi connectivity index (χ1) is 13.9. The van der Waals surface area contributed by atoms with Gasteiger partial charge in [0.25, 0.3) is 0 Å². The van der Waals surface area contributed by atoms with Gasteiger partial charge in [-0.3, -0.25) is 4.79 Å². The quantitative estimate of drug-likeness (QED) is 0.816. The molecule has 29 heavy (non-hydrogen) atoms. The number of benzene rings is 2. The van der Waals surface area contributed by atoms with Gasteiger partial charge in [-0.1, -0.05) is 36.4 Å². The van der Waals surface area contributed by atoms with E-state index in [9.17, 15) is 13.2 Å². The third-order valence-corrected chi connectivity index (χ3v) is 6.90. The molecule has 1 unspecified atom stereocenters. The van der Waals surface area contributed by atoms with Crippen LogP contribution in [0.1, 0.15) is 41.1 Å². The third kappa shape index (κ3) is 4.62. The highest BCUT2D eigenvalue weighted by molar-refractivity contribution is 7.88. The highest BCUT2D eigenvalue weighted by Gasteiger charge is 2.24. The molecule has 0 fully saturated rings. The minimum absolute atomic E-state index is 0.0376. The molecule has 0 aromatic heterocycles. The largest absolute Gasteiger partial charge is 0.492 e. The highest BCUT2D eigenvalue weighted by Crippen LogP contribution is 2.31. The Morgan fingerprint density at radius 1 is 1.21 bits per heavy atom. The second-order valence-corrected chi connectivity index (χ2v) is 9.73. The molecule has 0 radical (unpaired) electrons. The predicted molar refractivity (Wildman–Crippen MR) is 111 cm³/mol. The van der Waals surface area contributed by atoms with Gasteiger partial charge in [-0.05, 0) is 42.0 Å². The van der Waals surface area contributed by atoms with Crippen molar-refractivity contribution in [3.8, 4) is 5.75 Å². The maximum atomic E-state index is 12.5. The summed E-state index contributed by atoms with van der Waals surface area (Å²) in [5, 5.41) is 3.15. The summed E-state index contributed by atoms with van der Waals surface area (Å²) in [7, 11) is -3.28. The fraction of sp³-hybridized carbons (Fsp3) is 0.409. The van der Waals surface area contributed by atoms with E-state index in [1.807, 2.05) is 30.3 Å². The van der Waals surface area contributed by atoms with Gasteiger partial charge in [0.15, 0.2) is 0 Å². The molecule has 0 spiro atoms. The van der Waals surface area contributed by atoms with Gasteiger partial charge in [-0.25, -0.2) is 8.42 Å². The summed E-state index contributed by atoms with van der Waals surface area (Å²) in [6.45, 7) is 0.978. The van der Waals surface area contributed by atoms with Crippen LogP contribution in [-0.4, -0.2) is 38.0 Å². The Morgan fingerprint density at radius 2 is 2.03 bits per heavy atom. The van der Waals surface area contributed by atoms with E-state index in [0.29, 0.717) is 38.3 Å². The molecule has 2 aromatic rings. The van der Waals surface area contributed by atoms with E-state index in [1.165, 1.54) is 21.7 Å². The summed E-state index contributed by atoms with van der Waals surface area (Å²) >= 11 is 0. The van der Waals surface area contributed by atoms with Crippen molar-refractivity contribution >= 4 is 15.9 Å². The molecule has 4 rings (SSSR count). The Morgan fingerprint density at radius 3 is 2.86 bits per heavy atom. The summed E-state index contributed by atoms with van der Waals surface area (Å²) in [4.78, 5) is 12.5. The number of hydrogen-bond donors (Lipinski definition) is 1. The van der Waals surface area contributed by atoms with E-state index in [-0.39, 0.29) is 11.9 Å². The average molecular weight is 415 g/mol. The minimum atomic E-state index is -3.28. The van der Waals surface area contributed by atoms with Gasteiger partial charge < -0.3 is 10.1 Å². The van der Waals surface area contributed by atoms with Gasteiger partial charge in [-0.2, -0.15) is 4.31 Å². The summed E-state index contributed by atoms with van der Waals surface area (Å²) in [5.74, 6) is 0.752. The predicted octanol–water partition coefficient (Wildman–Crippen LogP) is 2.58. The molecule has 7 heteroatoms. The minimum Gasteiger partial charge on any atom is -0.492 e. The Bertz CT molecular complexity index is 1020. The molecule has 1 aliphatic heterocycles. The number of aryl methyl sites for hydroxylation is 2. The molecule has 154 valence electrons. The van der Waals surface area contributed by atoms with E-state index >= 15 is 0 Å². The van der Waals surface area contributed by atoms with Crippen LogP contribution in [0.15, 0.2) is 42.5 Å². The summed E-state index contributed by atoms with van der Waals surface area (Å²) in [6.07, 6.45) is 4.17. The van der Waals surface area contributed by atoms with Crippen molar-refractivity contribution in [3.63, 3.8) is 0 Å². The first-order valence-corrected chi connectivity index (χ1v) is 11.8. The van der Waals surface area contributed by atoms with Crippen molar-refractivity contribution in [1.82, 2.24) is 9.62 Å². The van der Waals surface area contributed by atoms with Crippen LogP contribution in [0.4, 0.5) is 0 Å². The SMILES string of the molecule is CS(=O)(=O)N1CCOc2ccc(CCC(=O)NC3CCc4ccccc43)cc2C1. The maximum Gasteiger partial charge on any atom is 0.220 e. The first-order valence-electron chi connectivity index (χ1n) is 9.97. The lowest BCUT2D eigenvalue weighted by molar-refractivity contribution is -0.121. The molecule has 0 bridgehead atoms. The van der Waals surface area contributed by atoms with E-state index in [1.54, 1.807) is 0 Å². The number of nitrogens with zero attached hydrogens (tertiary/aromatic N) is 1. The van der Waals surface area contributed by atoms with E-state index in [2.05, 4.69) is 17.4 Å². The van der Waals surface area contributed by atoms with Gasteiger partial charge in [0, 0.05) is 25.1 Å². The second kappa shape index (κ2) is 8.16. The van der Waals surface area contributed by atoms with Crippen LogP contribution in [0, 0.1) is 0 Å². The monoisotopic (exact) mass is 414 g/mol. The normalized spacial score (nSPS) is 19.0. The highest BCUT2D eigenvalue weighted by atomic mass is 32.2. The smallest absolute Gasteiger partial charge is 0.220 e. The molecule has 1 amide bonds. The Hall–Kier alpha value is -2.38. The molecule has 0 saturated heterocycles. The van der Waals surface area contributed by atoms with Gasteiger partial charge >= 0.3 is 0 Å². The van der Waals surface area contributed by atoms with Crippen molar-refractivity contribution in [3.05, 3.63) is 64.7 Å². The summed E-state index contributed by atoms with van der Waals surface area (Å²) in [5.41, 5.74) is 4.39. The number of carbonyl (C=O) groups excluding carboxylic acids is 1. The lowest BCUT2D eigenvalue weighted by atomic mass is 10.0. The molecular weight excluding hydrogens is 388 g/mol. The number of ether oxygens (including phenoxy) is 1. The maximum absolute atomic E-state index is 12.5. The summed E-state index contributed by atoms with van der Waals surface area (Å²) < 4.78 is 31.0. The number of nitrogens with one attached hydrogen (secondary N) is 1. The number of fused-ring (bicyclic) bond motifs is 2. The zero-order chi connectivity index (χ0) is 20.4. The number of rotatable bonds is 5. The van der Waals surface area contributed by atoms with Crippen molar-refractivity contribution in [1.29, 1.82) is 0 Å². The molecule has 1 aliphatic carbocycles. The van der Waals surface area contributed by atoms with Crippen LogP contribution in [0.2, 0.25) is 0 Å². The second-order valence-electron chi connectivity index (χ2n) is 7.74. The van der Waals surface area contributed by atoms with Crippen LogP contribution < -0.4 is 10.1 Å². The molecule has 6 nitrogen and oxygen atoms in total. The summed E-state index contributed by atoms with van der Waals surface area (Å²) in [6, 6.07) is 14.1. The van der Waals surface area contributed by atoms with Crippen LogP contribution in [0.5, 0.6) is 5.75 Å². The topological polar surface area (TPSA) is 75.7 Å². The fourth-order valence-electron chi connectivity index (χ4n) is 4.09.